The van der Waals surface area contributed by atoms with Crippen LogP contribution in [0.5, 0.6) is 0 Å². The number of carbonyl (C=O) groups excluding carboxylic acids is 2. The first-order valence-electron chi connectivity index (χ1n) is 7.93. The van der Waals surface area contributed by atoms with Gasteiger partial charge in [-0.2, -0.15) is 5.26 Å². The molecule has 0 aliphatic heterocycles. The van der Waals surface area contributed by atoms with Crippen LogP contribution in [-0.2, 0) is 19.6 Å². The van der Waals surface area contributed by atoms with E-state index in [4.69, 9.17) is 21.6 Å². The molecule has 0 heterocycles. The molecule has 1 atom stereocenters. The molecule has 0 fully saturated rings. The predicted octanol–water partition coefficient (Wildman–Crippen LogP) is 2.30. The molecule has 2 aromatic rings. The maximum absolute atomic E-state index is 12.3. The molecule has 10 heteroatoms. The molecule has 28 heavy (non-hydrogen) atoms. The van der Waals surface area contributed by atoms with Crippen LogP contribution in [0.4, 0.5) is 5.69 Å². The summed E-state index contributed by atoms with van der Waals surface area (Å²) >= 11 is 5.88. The summed E-state index contributed by atoms with van der Waals surface area (Å²) in [7, 11) is -2.65. The summed E-state index contributed by atoms with van der Waals surface area (Å²) in [6, 6.07) is 11.7. The van der Waals surface area contributed by atoms with E-state index in [2.05, 4.69) is 10.0 Å². The number of sulfonamides is 1. The van der Waals surface area contributed by atoms with Crippen molar-refractivity contribution in [1.29, 1.82) is 5.26 Å². The number of benzene rings is 2. The van der Waals surface area contributed by atoms with Crippen molar-refractivity contribution >= 4 is 39.2 Å². The first-order valence-corrected chi connectivity index (χ1v) is 9.79. The lowest BCUT2D eigenvalue weighted by Crippen LogP contribution is -2.30. The smallest absolute Gasteiger partial charge is 0.338 e. The average molecular weight is 422 g/mol. The fourth-order valence-electron chi connectivity index (χ4n) is 2.10. The number of anilines is 1. The van der Waals surface area contributed by atoms with Gasteiger partial charge in [0.25, 0.3) is 5.91 Å². The molecular formula is C18H16ClN3O5S. The highest BCUT2D eigenvalue weighted by Crippen LogP contribution is 2.23. The Morgan fingerprint density at radius 1 is 1.18 bits per heavy atom. The zero-order valence-electron chi connectivity index (χ0n) is 14.9. The van der Waals surface area contributed by atoms with E-state index in [1.807, 2.05) is 6.07 Å². The number of nitriles is 1. The summed E-state index contributed by atoms with van der Waals surface area (Å²) < 4.78 is 31.1. The molecule has 0 aromatic heterocycles. The Bertz CT molecular complexity index is 1050. The Kier molecular flexibility index (Phi) is 6.75. The summed E-state index contributed by atoms with van der Waals surface area (Å²) in [6.45, 7) is 1.37. The van der Waals surface area contributed by atoms with Crippen molar-refractivity contribution in [2.45, 2.75) is 17.9 Å². The second-order valence-electron chi connectivity index (χ2n) is 5.58. The van der Waals surface area contributed by atoms with Crippen LogP contribution in [-0.4, -0.2) is 33.4 Å². The second kappa shape index (κ2) is 8.84. The van der Waals surface area contributed by atoms with Gasteiger partial charge in [-0.15, -0.1) is 0 Å². The van der Waals surface area contributed by atoms with E-state index in [0.717, 1.165) is 6.07 Å². The number of carbonyl (C=O) groups is 2. The molecule has 146 valence electrons. The van der Waals surface area contributed by atoms with Gasteiger partial charge in [0.2, 0.25) is 10.0 Å². The van der Waals surface area contributed by atoms with E-state index in [1.165, 1.54) is 38.2 Å². The minimum Gasteiger partial charge on any atom is -0.449 e. The first-order chi connectivity index (χ1) is 13.2. The molecule has 2 rings (SSSR count). The predicted molar refractivity (Wildman–Crippen MR) is 102 cm³/mol. The molecule has 0 spiro atoms. The summed E-state index contributed by atoms with van der Waals surface area (Å²) in [5.74, 6) is -1.47. The molecule has 0 saturated heterocycles. The summed E-state index contributed by atoms with van der Waals surface area (Å²) in [6.07, 6.45) is -1.15. The molecule has 0 bridgehead atoms. The normalized spacial score (nSPS) is 11.9. The number of nitrogens with one attached hydrogen (secondary N) is 2. The molecule has 8 nitrogen and oxygen atoms in total. The lowest BCUT2D eigenvalue weighted by molar-refractivity contribution is -0.123. The van der Waals surface area contributed by atoms with E-state index < -0.39 is 28.0 Å². The Hall–Kier alpha value is -2.93. The van der Waals surface area contributed by atoms with Crippen LogP contribution in [0.25, 0.3) is 0 Å². The third kappa shape index (κ3) is 5.07. The number of hydrogen-bond donors (Lipinski definition) is 2. The van der Waals surface area contributed by atoms with Crippen molar-refractivity contribution < 1.29 is 22.7 Å². The fraction of sp³-hybridized carbons (Fsp3) is 0.167. The highest BCUT2D eigenvalue weighted by Gasteiger charge is 2.22. The standard InChI is InChI=1S/C18H16ClN3O5S/c1-11(17(23)22-14-6-3-12(10-20)4-7-14)27-18(24)13-5-8-15(19)16(9-13)28(25,26)21-2/h3-9,11,21H,1-2H3,(H,22,23). The molecule has 2 aromatic carbocycles. The van der Waals surface area contributed by atoms with Crippen LogP contribution in [0, 0.1) is 11.3 Å². The molecule has 0 aliphatic rings. The van der Waals surface area contributed by atoms with Gasteiger partial charge in [-0.1, -0.05) is 11.6 Å². The topological polar surface area (TPSA) is 125 Å². The van der Waals surface area contributed by atoms with Gasteiger partial charge in [0.05, 0.1) is 22.2 Å². The van der Waals surface area contributed by atoms with E-state index in [-0.39, 0.29) is 15.5 Å². The zero-order valence-corrected chi connectivity index (χ0v) is 16.5. The van der Waals surface area contributed by atoms with Crippen molar-refractivity contribution in [3.63, 3.8) is 0 Å². The van der Waals surface area contributed by atoms with E-state index >= 15 is 0 Å². The number of ether oxygens (including phenoxy) is 1. The quantitative estimate of drug-likeness (QED) is 0.689. The minimum absolute atomic E-state index is 0.0579. The maximum Gasteiger partial charge on any atom is 0.338 e. The van der Waals surface area contributed by atoms with Crippen LogP contribution in [0.2, 0.25) is 5.02 Å². The molecule has 2 N–H and O–H groups in total. The van der Waals surface area contributed by atoms with Gasteiger partial charge < -0.3 is 10.1 Å². The summed E-state index contributed by atoms with van der Waals surface area (Å²) in [4.78, 5) is 24.2. The van der Waals surface area contributed by atoms with Crippen molar-refractivity contribution in [2.24, 2.45) is 0 Å². The Morgan fingerprint density at radius 2 is 1.82 bits per heavy atom. The van der Waals surface area contributed by atoms with E-state index in [1.54, 1.807) is 12.1 Å². The lowest BCUT2D eigenvalue weighted by Gasteiger charge is -2.14. The van der Waals surface area contributed by atoms with Crippen LogP contribution < -0.4 is 10.0 Å². The highest BCUT2D eigenvalue weighted by atomic mass is 35.5. The van der Waals surface area contributed by atoms with E-state index in [0.29, 0.717) is 11.3 Å². The average Bonchev–Trinajstić information content (AvgIpc) is 2.68. The number of amides is 1. The number of hydrogen-bond acceptors (Lipinski definition) is 6. The van der Waals surface area contributed by atoms with Crippen molar-refractivity contribution in [1.82, 2.24) is 4.72 Å². The van der Waals surface area contributed by atoms with Crippen molar-refractivity contribution in [2.75, 3.05) is 12.4 Å². The van der Waals surface area contributed by atoms with Crippen molar-refractivity contribution in [3.8, 4) is 6.07 Å². The molecule has 0 radical (unpaired) electrons. The lowest BCUT2D eigenvalue weighted by atomic mass is 10.2. The van der Waals surface area contributed by atoms with Gasteiger partial charge in [0.1, 0.15) is 4.90 Å². The third-order valence-corrected chi connectivity index (χ3v) is 5.56. The zero-order chi connectivity index (χ0) is 20.9. The monoisotopic (exact) mass is 421 g/mol. The number of rotatable bonds is 6. The maximum atomic E-state index is 12.3. The molecular weight excluding hydrogens is 406 g/mol. The largest absolute Gasteiger partial charge is 0.449 e. The summed E-state index contributed by atoms with van der Waals surface area (Å²) in [5.41, 5.74) is 0.796. The van der Waals surface area contributed by atoms with Gasteiger partial charge in [-0.25, -0.2) is 17.9 Å². The van der Waals surface area contributed by atoms with E-state index in [9.17, 15) is 18.0 Å². The van der Waals surface area contributed by atoms with Gasteiger partial charge >= 0.3 is 5.97 Å². The van der Waals surface area contributed by atoms with Gasteiger partial charge in [-0.3, -0.25) is 4.79 Å². The Morgan fingerprint density at radius 3 is 2.39 bits per heavy atom. The van der Waals surface area contributed by atoms with Crippen LogP contribution in [0.15, 0.2) is 47.4 Å². The molecule has 1 unspecified atom stereocenters. The first kappa shape index (κ1) is 21.4. The third-order valence-electron chi connectivity index (χ3n) is 3.66. The number of nitrogens with zero attached hydrogens (tertiary/aromatic N) is 1. The Labute approximate surface area is 167 Å². The van der Waals surface area contributed by atoms with Crippen LogP contribution in [0.1, 0.15) is 22.8 Å². The molecule has 1 amide bonds. The number of esters is 1. The number of halogens is 1. The minimum atomic E-state index is -3.87. The van der Waals surface area contributed by atoms with Crippen LogP contribution in [0.3, 0.4) is 0 Å². The SMILES string of the molecule is CNS(=O)(=O)c1cc(C(=O)OC(C)C(=O)Nc2ccc(C#N)cc2)ccc1Cl. The molecule has 0 aliphatic carbocycles. The van der Waals surface area contributed by atoms with Crippen molar-refractivity contribution in [3.05, 3.63) is 58.6 Å². The fourth-order valence-corrected chi connectivity index (χ4v) is 3.35. The Balaban J connectivity index is 2.10. The van der Waals surface area contributed by atoms with Crippen LogP contribution >= 0.6 is 11.6 Å². The second-order valence-corrected chi connectivity index (χ2v) is 7.84. The van der Waals surface area contributed by atoms with Gasteiger partial charge in [0, 0.05) is 5.69 Å². The van der Waals surface area contributed by atoms with Gasteiger partial charge in [-0.05, 0) is 56.4 Å². The summed E-state index contributed by atoms with van der Waals surface area (Å²) in [5, 5.41) is 11.3. The molecule has 0 saturated carbocycles. The van der Waals surface area contributed by atoms with Gasteiger partial charge in [0.15, 0.2) is 6.10 Å². The highest BCUT2D eigenvalue weighted by molar-refractivity contribution is 7.89.